The molecule has 1 amide bonds. The number of benzene rings is 3. The molecule has 2 atom stereocenters. The minimum Gasteiger partial charge on any atom is -0.459 e. The number of furan rings is 1. The second kappa shape index (κ2) is 10.9. The summed E-state index contributed by atoms with van der Waals surface area (Å²) >= 11 is 11.8. The predicted molar refractivity (Wildman–Crippen MR) is 159 cm³/mol. The molecule has 0 aliphatic carbocycles. The van der Waals surface area contributed by atoms with Crippen molar-refractivity contribution in [2.75, 3.05) is 11.9 Å². The monoisotopic (exact) mass is 552 g/mol. The largest absolute Gasteiger partial charge is 0.459 e. The van der Waals surface area contributed by atoms with Crippen LogP contribution in [0.3, 0.4) is 0 Å². The van der Waals surface area contributed by atoms with Crippen molar-refractivity contribution in [3.8, 4) is 11.3 Å². The summed E-state index contributed by atoms with van der Waals surface area (Å²) in [6.07, 6.45) is 2.01. The van der Waals surface area contributed by atoms with Crippen LogP contribution in [0.2, 0.25) is 5.02 Å². The first kappa shape index (κ1) is 25.1. The Kier molecular flexibility index (Phi) is 7.00. The van der Waals surface area contributed by atoms with Gasteiger partial charge in [0.05, 0.1) is 11.7 Å². The van der Waals surface area contributed by atoms with Gasteiger partial charge in [-0.15, -0.1) is 0 Å². The van der Waals surface area contributed by atoms with Crippen molar-refractivity contribution in [3.63, 3.8) is 0 Å². The zero-order valence-corrected chi connectivity index (χ0v) is 22.5. The van der Waals surface area contributed by atoms with Crippen molar-refractivity contribution in [2.45, 2.75) is 18.5 Å². The van der Waals surface area contributed by atoms with Gasteiger partial charge in [-0.1, -0.05) is 54.1 Å². The van der Waals surface area contributed by atoms with E-state index in [0.717, 1.165) is 39.2 Å². The molecule has 0 saturated carbocycles. The average Bonchev–Trinajstić information content (AvgIpc) is 3.57. The topological polar surface area (TPSA) is 70.4 Å². The second-order valence-corrected chi connectivity index (χ2v) is 10.2. The number of carbonyl (C=O) groups excluding carboxylic acids is 1. The zero-order valence-electron chi connectivity index (χ0n) is 20.9. The van der Waals surface area contributed by atoms with E-state index in [1.54, 1.807) is 6.20 Å². The number of aromatic nitrogens is 1. The molecule has 0 spiro atoms. The summed E-state index contributed by atoms with van der Waals surface area (Å²) in [7, 11) is 0. The summed E-state index contributed by atoms with van der Waals surface area (Å²) in [5.41, 5.74) is 2.56. The van der Waals surface area contributed by atoms with Gasteiger partial charge in [0.15, 0.2) is 5.11 Å². The number of nitrogens with one attached hydrogen (secondary N) is 2. The molecule has 2 aromatic heterocycles. The van der Waals surface area contributed by atoms with E-state index < -0.39 is 0 Å². The van der Waals surface area contributed by atoms with Crippen molar-refractivity contribution >= 4 is 51.3 Å². The number of hydrogen-bond donors (Lipinski definition) is 2. The van der Waals surface area contributed by atoms with Crippen LogP contribution in [-0.2, 0) is 4.79 Å². The highest BCUT2D eigenvalue weighted by Gasteiger charge is 2.41. The molecule has 1 aliphatic heterocycles. The van der Waals surface area contributed by atoms with Gasteiger partial charge < -0.3 is 20.0 Å². The number of carbonyl (C=O) groups is 1. The van der Waals surface area contributed by atoms with Crippen LogP contribution in [0.4, 0.5) is 5.69 Å². The lowest BCUT2D eigenvalue weighted by atomic mass is 10.0. The Labute approximate surface area is 236 Å². The number of thiocarbonyl (C=S) groups is 1. The Morgan fingerprint density at radius 1 is 0.974 bits per heavy atom. The fourth-order valence-electron chi connectivity index (χ4n) is 5.01. The molecule has 1 aliphatic rings. The first-order chi connectivity index (χ1) is 19.1. The molecule has 0 bridgehead atoms. The number of amides is 1. The Bertz CT molecular complexity index is 1630. The third-order valence-electron chi connectivity index (χ3n) is 6.89. The molecule has 194 valence electrons. The molecular formula is C31H25ClN4O2S. The van der Waals surface area contributed by atoms with Crippen molar-refractivity contribution in [1.82, 2.24) is 15.2 Å². The molecule has 2 N–H and O–H groups in total. The Morgan fingerprint density at radius 2 is 1.77 bits per heavy atom. The van der Waals surface area contributed by atoms with Gasteiger partial charge in [-0.25, -0.2) is 0 Å². The summed E-state index contributed by atoms with van der Waals surface area (Å²) in [5, 5.41) is 9.79. The van der Waals surface area contributed by atoms with E-state index in [-0.39, 0.29) is 24.4 Å². The van der Waals surface area contributed by atoms with Crippen molar-refractivity contribution in [2.24, 2.45) is 0 Å². The molecule has 6 nitrogen and oxygen atoms in total. The van der Waals surface area contributed by atoms with E-state index in [2.05, 4.69) is 15.6 Å². The minimum atomic E-state index is -0.279. The summed E-state index contributed by atoms with van der Waals surface area (Å²) in [6, 6.07) is 30.6. The van der Waals surface area contributed by atoms with Gasteiger partial charge in [0.2, 0.25) is 5.91 Å². The van der Waals surface area contributed by atoms with E-state index in [4.69, 9.17) is 28.2 Å². The SMILES string of the molecule is O=C(CCN1C(=S)N[C@H](c2ccccn2)[C@H]1c1ccc(-c2ccc(Cl)cc2)o1)Nc1cccc2ccccc12. The third-order valence-corrected chi connectivity index (χ3v) is 7.49. The van der Waals surface area contributed by atoms with Crippen LogP contribution in [0.1, 0.15) is 30.0 Å². The summed E-state index contributed by atoms with van der Waals surface area (Å²) in [6.45, 7) is 0.410. The highest BCUT2D eigenvalue weighted by atomic mass is 35.5. The number of hydrogen-bond acceptors (Lipinski definition) is 4. The molecule has 6 rings (SSSR count). The maximum atomic E-state index is 13.1. The van der Waals surface area contributed by atoms with Crippen LogP contribution >= 0.6 is 23.8 Å². The summed E-state index contributed by atoms with van der Waals surface area (Å²) in [5.74, 6) is 1.38. The highest BCUT2D eigenvalue weighted by molar-refractivity contribution is 7.80. The molecule has 1 fully saturated rings. The smallest absolute Gasteiger partial charge is 0.226 e. The maximum Gasteiger partial charge on any atom is 0.226 e. The predicted octanol–water partition coefficient (Wildman–Crippen LogP) is 7.15. The van der Waals surface area contributed by atoms with E-state index in [1.165, 1.54) is 0 Å². The maximum absolute atomic E-state index is 13.1. The van der Waals surface area contributed by atoms with Crippen LogP contribution in [0.5, 0.6) is 0 Å². The standard InChI is InChI=1S/C31H25ClN4O2S/c32-22-13-11-21(12-14-22)26-15-16-27(38-26)30-29(25-9-3-4-18-33-25)35-31(39)36(30)19-17-28(37)34-24-10-5-7-20-6-1-2-8-23(20)24/h1-16,18,29-30H,17,19H2,(H,34,37)(H,35,39)/t29-,30-/m1/s1. The van der Waals surface area contributed by atoms with E-state index in [9.17, 15) is 4.79 Å². The van der Waals surface area contributed by atoms with Crippen LogP contribution in [0, 0.1) is 0 Å². The van der Waals surface area contributed by atoms with Gasteiger partial charge in [-0.05, 0) is 72.2 Å². The van der Waals surface area contributed by atoms with Gasteiger partial charge in [-0.3, -0.25) is 9.78 Å². The van der Waals surface area contributed by atoms with E-state index in [0.29, 0.717) is 16.7 Å². The van der Waals surface area contributed by atoms with Crippen LogP contribution in [0.15, 0.2) is 108 Å². The normalized spacial score (nSPS) is 16.8. The van der Waals surface area contributed by atoms with Crippen molar-refractivity contribution in [1.29, 1.82) is 0 Å². The van der Waals surface area contributed by atoms with Crippen molar-refractivity contribution in [3.05, 3.63) is 120 Å². The first-order valence-corrected chi connectivity index (χ1v) is 13.5. The molecule has 0 radical (unpaired) electrons. The van der Waals surface area contributed by atoms with Gasteiger partial charge in [0.1, 0.15) is 17.6 Å². The number of rotatable bonds is 7. The number of fused-ring (bicyclic) bond motifs is 1. The van der Waals surface area contributed by atoms with E-state index in [1.807, 2.05) is 102 Å². The van der Waals surface area contributed by atoms with Crippen LogP contribution < -0.4 is 10.6 Å². The number of pyridine rings is 1. The molecule has 8 heteroatoms. The number of nitrogens with zero attached hydrogens (tertiary/aromatic N) is 2. The Morgan fingerprint density at radius 3 is 2.59 bits per heavy atom. The minimum absolute atomic E-state index is 0.0875. The molecule has 3 heterocycles. The van der Waals surface area contributed by atoms with Gasteiger partial charge in [-0.2, -0.15) is 0 Å². The highest BCUT2D eigenvalue weighted by Crippen LogP contribution is 2.40. The van der Waals surface area contributed by atoms with Gasteiger partial charge >= 0.3 is 0 Å². The van der Waals surface area contributed by atoms with E-state index >= 15 is 0 Å². The third kappa shape index (κ3) is 5.24. The quantitative estimate of drug-likeness (QED) is 0.209. The summed E-state index contributed by atoms with van der Waals surface area (Å²) in [4.78, 5) is 19.7. The molecular weight excluding hydrogens is 528 g/mol. The summed E-state index contributed by atoms with van der Waals surface area (Å²) < 4.78 is 6.36. The fourth-order valence-corrected chi connectivity index (χ4v) is 5.46. The molecule has 5 aromatic rings. The molecule has 3 aromatic carbocycles. The zero-order chi connectivity index (χ0) is 26.8. The van der Waals surface area contributed by atoms with Crippen molar-refractivity contribution < 1.29 is 9.21 Å². The molecule has 39 heavy (non-hydrogen) atoms. The van der Waals surface area contributed by atoms with Crippen LogP contribution in [-0.4, -0.2) is 27.4 Å². The van der Waals surface area contributed by atoms with Gasteiger partial charge in [0, 0.05) is 40.8 Å². The first-order valence-electron chi connectivity index (χ1n) is 12.7. The van der Waals surface area contributed by atoms with Gasteiger partial charge in [0.25, 0.3) is 0 Å². The lowest BCUT2D eigenvalue weighted by Gasteiger charge is -2.26. The average molecular weight is 553 g/mol. The second-order valence-electron chi connectivity index (χ2n) is 9.35. The number of halogens is 1. The lowest BCUT2D eigenvalue weighted by molar-refractivity contribution is -0.116. The lowest BCUT2D eigenvalue weighted by Crippen LogP contribution is -2.32. The van der Waals surface area contributed by atoms with Crippen LogP contribution in [0.25, 0.3) is 22.1 Å². The Hall–Kier alpha value is -4.20. The number of anilines is 1. The molecule has 1 saturated heterocycles. The Balaban J connectivity index is 1.25. The molecule has 0 unspecified atom stereocenters. The fraction of sp³-hybridized carbons (Fsp3) is 0.129.